The third kappa shape index (κ3) is 3.20. The summed E-state index contributed by atoms with van der Waals surface area (Å²) in [6.07, 6.45) is 1.10. The van der Waals surface area contributed by atoms with Gasteiger partial charge in [0.05, 0.1) is 12.8 Å². The van der Waals surface area contributed by atoms with Gasteiger partial charge >= 0.3 is 6.03 Å². The summed E-state index contributed by atoms with van der Waals surface area (Å²) in [7, 11) is 1.61. The fraction of sp³-hybridized carbons (Fsp3) is 0.350. The molecule has 0 atom stereocenters. The average Bonchev–Trinajstić information content (AvgIpc) is 2.61. The van der Waals surface area contributed by atoms with Gasteiger partial charge in [-0.2, -0.15) is 0 Å². The molecule has 2 aliphatic heterocycles. The number of likely N-dealkylation sites (tertiary alicyclic amines) is 1. The van der Waals surface area contributed by atoms with Crippen LogP contribution in [-0.2, 0) is 13.0 Å². The van der Waals surface area contributed by atoms with Crippen molar-refractivity contribution in [3.63, 3.8) is 0 Å². The SMILES string of the molecule is COc1ccccc1NC(=O)N1CC(N2CCc3ccccc3C2)C1. The highest BCUT2D eigenvalue weighted by atomic mass is 16.5. The number of methoxy groups -OCH3 is 1. The Balaban J connectivity index is 1.32. The molecule has 5 nitrogen and oxygen atoms in total. The number of carbonyl (C=O) groups excluding carboxylic acids is 1. The van der Waals surface area contributed by atoms with E-state index < -0.39 is 0 Å². The molecule has 25 heavy (non-hydrogen) atoms. The summed E-state index contributed by atoms with van der Waals surface area (Å²) in [6, 6.07) is 16.5. The van der Waals surface area contributed by atoms with Crippen molar-refractivity contribution in [2.45, 2.75) is 19.0 Å². The minimum absolute atomic E-state index is 0.0573. The normalized spacial score (nSPS) is 17.6. The number of fused-ring (bicyclic) bond motifs is 1. The molecule has 0 bridgehead atoms. The Morgan fingerprint density at radius 1 is 1.08 bits per heavy atom. The van der Waals surface area contributed by atoms with Crippen molar-refractivity contribution >= 4 is 11.7 Å². The smallest absolute Gasteiger partial charge is 0.322 e. The molecular weight excluding hydrogens is 314 g/mol. The van der Waals surface area contributed by atoms with Gasteiger partial charge in [-0.15, -0.1) is 0 Å². The van der Waals surface area contributed by atoms with Gasteiger partial charge in [-0.05, 0) is 29.7 Å². The van der Waals surface area contributed by atoms with Gasteiger partial charge in [-0.25, -0.2) is 4.79 Å². The van der Waals surface area contributed by atoms with Crippen LogP contribution in [0.1, 0.15) is 11.1 Å². The van der Waals surface area contributed by atoms with E-state index >= 15 is 0 Å². The van der Waals surface area contributed by atoms with E-state index in [1.807, 2.05) is 29.2 Å². The summed E-state index contributed by atoms with van der Waals surface area (Å²) >= 11 is 0. The number of carbonyl (C=O) groups is 1. The van der Waals surface area contributed by atoms with Gasteiger partial charge in [0.15, 0.2) is 0 Å². The maximum absolute atomic E-state index is 12.4. The van der Waals surface area contributed by atoms with E-state index in [0.29, 0.717) is 17.5 Å². The molecule has 2 aromatic carbocycles. The summed E-state index contributed by atoms with van der Waals surface area (Å²) in [5.74, 6) is 0.681. The van der Waals surface area contributed by atoms with E-state index in [1.165, 1.54) is 11.1 Å². The highest BCUT2D eigenvalue weighted by molar-refractivity contribution is 5.91. The van der Waals surface area contributed by atoms with Crippen molar-refractivity contribution in [3.05, 3.63) is 59.7 Å². The molecule has 0 aliphatic carbocycles. The standard InChI is InChI=1S/C20H23N3O2/c1-25-19-9-5-4-8-18(19)21-20(24)23-13-17(14-23)22-11-10-15-6-2-3-7-16(15)12-22/h2-9,17H,10-14H2,1H3,(H,21,24). The summed E-state index contributed by atoms with van der Waals surface area (Å²) in [5, 5.41) is 2.95. The van der Waals surface area contributed by atoms with Gasteiger partial charge in [-0.3, -0.25) is 4.90 Å². The molecule has 1 saturated heterocycles. The number of hydrogen-bond donors (Lipinski definition) is 1. The molecule has 2 heterocycles. The van der Waals surface area contributed by atoms with Gasteiger partial charge in [0.25, 0.3) is 0 Å². The molecule has 2 aromatic rings. The van der Waals surface area contributed by atoms with Gasteiger partial charge < -0.3 is 15.0 Å². The molecule has 130 valence electrons. The number of urea groups is 1. The lowest BCUT2D eigenvalue weighted by atomic mass is 9.97. The summed E-state index contributed by atoms with van der Waals surface area (Å²) in [6.45, 7) is 3.62. The van der Waals surface area contributed by atoms with E-state index in [4.69, 9.17) is 4.74 Å². The van der Waals surface area contributed by atoms with Crippen molar-refractivity contribution in [2.75, 3.05) is 32.1 Å². The molecule has 0 unspecified atom stereocenters. The molecule has 0 spiro atoms. The van der Waals surface area contributed by atoms with Crippen LogP contribution >= 0.6 is 0 Å². The zero-order valence-electron chi connectivity index (χ0n) is 14.4. The van der Waals surface area contributed by atoms with Crippen LogP contribution in [0.2, 0.25) is 0 Å². The number of nitrogens with one attached hydrogen (secondary N) is 1. The third-order valence-electron chi connectivity index (χ3n) is 5.17. The van der Waals surface area contributed by atoms with Crippen LogP contribution in [0.3, 0.4) is 0 Å². The molecule has 2 amide bonds. The maximum Gasteiger partial charge on any atom is 0.322 e. The second kappa shape index (κ2) is 6.76. The third-order valence-corrected chi connectivity index (χ3v) is 5.17. The molecule has 0 radical (unpaired) electrons. The van der Waals surface area contributed by atoms with Gasteiger partial charge in [-0.1, -0.05) is 36.4 Å². The number of ether oxygens (including phenoxy) is 1. The second-order valence-electron chi connectivity index (χ2n) is 6.68. The van der Waals surface area contributed by atoms with Gasteiger partial charge in [0.1, 0.15) is 5.75 Å². The van der Waals surface area contributed by atoms with Crippen molar-refractivity contribution in [2.24, 2.45) is 0 Å². The number of nitrogens with zero attached hydrogens (tertiary/aromatic N) is 2. The first kappa shape index (κ1) is 16.0. The quantitative estimate of drug-likeness (QED) is 0.936. The van der Waals surface area contributed by atoms with Crippen LogP contribution in [0.4, 0.5) is 10.5 Å². The zero-order chi connectivity index (χ0) is 17.2. The second-order valence-corrected chi connectivity index (χ2v) is 6.68. The molecular formula is C20H23N3O2. The molecule has 0 aromatic heterocycles. The lowest BCUT2D eigenvalue weighted by Gasteiger charge is -2.46. The van der Waals surface area contributed by atoms with E-state index in [9.17, 15) is 4.79 Å². The highest BCUT2D eigenvalue weighted by Gasteiger charge is 2.36. The van der Waals surface area contributed by atoms with E-state index in [0.717, 1.165) is 32.6 Å². The Labute approximate surface area is 148 Å². The summed E-state index contributed by atoms with van der Waals surface area (Å²) in [5.41, 5.74) is 3.60. The highest BCUT2D eigenvalue weighted by Crippen LogP contribution is 2.27. The van der Waals surface area contributed by atoms with Crippen molar-refractivity contribution in [1.29, 1.82) is 0 Å². The lowest BCUT2D eigenvalue weighted by molar-refractivity contribution is 0.0528. The van der Waals surface area contributed by atoms with E-state index in [1.54, 1.807) is 7.11 Å². The van der Waals surface area contributed by atoms with E-state index in [2.05, 4.69) is 34.5 Å². The topological polar surface area (TPSA) is 44.8 Å². The molecule has 4 rings (SSSR count). The number of para-hydroxylation sites is 2. The van der Waals surface area contributed by atoms with Crippen LogP contribution in [0.15, 0.2) is 48.5 Å². The number of hydrogen-bond acceptors (Lipinski definition) is 3. The Kier molecular flexibility index (Phi) is 4.32. The number of amides is 2. The molecule has 5 heteroatoms. The van der Waals surface area contributed by atoms with Crippen LogP contribution in [-0.4, -0.2) is 48.6 Å². The largest absolute Gasteiger partial charge is 0.495 e. The zero-order valence-corrected chi connectivity index (χ0v) is 14.4. The predicted octanol–water partition coefficient (Wildman–Crippen LogP) is 2.97. The van der Waals surface area contributed by atoms with Gasteiger partial charge in [0, 0.05) is 32.2 Å². The predicted molar refractivity (Wildman–Crippen MR) is 97.9 cm³/mol. The minimum atomic E-state index is -0.0573. The summed E-state index contributed by atoms with van der Waals surface area (Å²) in [4.78, 5) is 16.8. The van der Waals surface area contributed by atoms with Crippen molar-refractivity contribution in [3.8, 4) is 5.75 Å². The van der Waals surface area contributed by atoms with Gasteiger partial charge in [0.2, 0.25) is 0 Å². The van der Waals surface area contributed by atoms with Crippen molar-refractivity contribution in [1.82, 2.24) is 9.80 Å². The monoisotopic (exact) mass is 337 g/mol. The molecule has 0 saturated carbocycles. The average molecular weight is 337 g/mol. The number of anilines is 1. The fourth-order valence-electron chi connectivity index (χ4n) is 3.62. The van der Waals surface area contributed by atoms with E-state index in [-0.39, 0.29) is 6.03 Å². The number of rotatable bonds is 3. The number of benzene rings is 2. The summed E-state index contributed by atoms with van der Waals surface area (Å²) < 4.78 is 5.29. The van der Waals surface area contributed by atoms with Crippen LogP contribution in [0.5, 0.6) is 5.75 Å². The fourth-order valence-corrected chi connectivity index (χ4v) is 3.62. The van der Waals surface area contributed by atoms with Crippen LogP contribution < -0.4 is 10.1 Å². The lowest BCUT2D eigenvalue weighted by Crippen LogP contribution is -2.62. The first-order chi connectivity index (χ1) is 12.2. The van der Waals surface area contributed by atoms with Crippen LogP contribution in [0, 0.1) is 0 Å². The molecule has 1 fully saturated rings. The Bertz CT molecular complexity index is 771. The van der Waals surface area contributed by atoms with Crippen LogP contribution in [0.25, 0.3) is 0 Å². The van der Waals surface area contributed by atoms with Crippen molar-refractivity contribution < 1.29 is 9.53 Å². The Morgan fingerprint density at radius 2 is 1.80 bits per heavy atom. The molecule has 1 N–H and O–H groups in total. The maximum atomic E-state index is 12.4. The first-order valence-electron chi connectivity index (χ1n) is 8.74. The Hall–Kier alpha value is -2.53. The molecule has 2 aliphatic rings. The minimum Gasteiger partial charge on any atom is -0.495 e. The Morgan fingerprint density at radius 3 is 2.60 bits per heavy atom. The first-order valence-corrected chi connectivity index (χ1v) is 8.74.